The maximum Gasteiger partial charge on any atom is 0.141 e. The number of hydrogen-bond acceptors (Lipinski definition) is 2. The Kier molecular flexibility index (Phi) is 2.21. The van der Waals surface area contributed by atoms with Gasteiger partial charge in [-0.2, -0.15) is 0 Å². The molecule has 0 amide bonds. The van der Waals surface area contributed by atoms with E-state index < -0.39 is 0 Å². The van der Waals surface area contributed by atoms with Gasteiger partial charge in [-0.25, -0.2) is 4.98 Å². The van der Waals surface area contributed by atoms with E-state index in [0.29, 0.717) is 0 Å². The van der Waals surface area contributed by atoms with Crippen LogP contribution in [-0.4, -0.2) is 14.5 Å². The molecule has 0 aliphatic heterocycles. The van der Waals surface area contributed by atoms with Gasteiger partial charge in [0, 0.05) is 41.3 Å². The molecule has 0 atom stereocenters. The van der Waals surface area contributed by atoms with Crippen molar-refractivity contribution in [1.82, 2.24) is 14.5 Å². The molecule has 0 saturated heterocycles. The molecule has 3 nitrogen and oxygen atoms in total. The summed E-state index contributed by atoms with van der Waals surface area (Å²) in [5.74, 6) is 0. The summed E-state index contributed by atoms with van der Waals surface area (Å²) in [4.78, 5) is 9.02. The average Bonchev–Trinajstić information content (AvgIpc) is 2.63. The van der Waals surface area contributed by atoms with E-state index in [0.717, 1.165) is 11.3 Å². The van der Waals surface area contributed by atoms with Crippen LogP contribution in [0.25, 0.3) is 21.9 Å². The molecular weight excluding hydrogens is 222 g/mol. The minimum absolute atomic E-state index is 0.0723. The Morgan fingerprint density at radius 2 is 1.83 bits per heavy atom. The second kappa shape index (κ2) is 3.55. The highest BCUT2D eigenvalue weighted by Gasteiger charge is 2.17. The van der Waals surface area contributed by atoms with Gasteiger partial charge in [-0.05, 0) is 18.2 Å². The summed E-state index contributed by atoms with van der Waals surface area (Å²) in [6.07, 6.45) is 3.74. The first-order valence-electron chi connectivity index (χ1n) is 6.18. The van der Waals surface area contributed by atoms with Crippen molar-refractivity contribution in [2.75, 3.05) is 0 Å². The third-order valence-electron chi connectivity index (χ3n) is 3.41. The fourth-order valence-electron chi connectivity index (χ4n) is 2.33. The van der Waals surface area contributed by atoms with Crippen molar-refractivity contribution in [3.05, 3.63) is 36.3 Å². The molecule has 3 heteroatoms. The Morgan fingerprint density at radius 1 is 1.06 bits per heavy atom. The van der Waals surface area contributed by atoms with Crippen LogP contribution in [-0.2, 0) is 12.5 Å². The van der Waals surface area contributed by atoms with E-state index in [-0.39, 0.29) is 5.41 Å². The number of aromatic nitrogens is 3. The van der Waals surface area contributed by atoms with E-state index in [1.807, 2.05) is 18.5 Å². The van der Waals surface area contributed by atoms with Crippen molar-refractivity contribution < 1.29 is 0 Å². The summed E-state index contributed by atoms with van der Waals surface area (Å²) in [6.45, 7) is 6.56. The van der Waals surface area contributed by atoms with Gasteiger partial charge in [-0.15, -0.1) is 0 Å². The molecule has 0 saturated carbocycles. The van der Waals surface area contributed by atoms with Crippen molar-refractivity contribution in [2.24, 2.45) is 7.05 Å². The Morgan fingerprint density at radius 3 is 2.56 bits per heavy atom. The zero-order valence-corrected chi connectivity index (χ0v) is 11.2. The number of rotatable bonds is 0. The zero-order valence-electron chi connectivity index (χ0n) is 11.2. The monoisotopic (exact) mass is 239 g/mol. The molecule has 92 valence electrons. The lowest BCUT2D eigenvalue weighted by Gasteiger charge is -2.17. The number of pyridine rings is 2. The van der Waals surface area contributed by atoms with Crippen molar-refractivity contribution in [1.29, 1.82) is 0 Å². The van der Waals surface area contributed by atoms with E-state index in [4.69, 9.17) is 4.98 Å². The molecule has 0 bridgehead atoms. The lowest BCUT2D eigenvalue weighted by molar-refractivity contribution is 0.570. The summed E-state index contributed by atoms with van der Waals surface area (Å²) < 4.78 is 2.14. The SMILES string of the molecule is Cn1c2ccncc2c2ccc(C(C)(C)C)nc21. The van der Waals surface area contributed by atoms with E-state index in [9.17, 15) is 0 Å². The van der Waals surface area contributed by atoms with Gasteiger partial charge in [0.15, 0.2) is 0 Å². The third-order valence-corrected chi connectivity index (χ3v) is 3.41. The molecule has 0 unspecified atom stereocenters. The number of fused-ring (bicyclic) bond motifs is 3. The lowest BCUT2D eigenvalue weighted by Crippen LogP contribution is -2.13. The number of aryl methyl sites for hydroxylation is 1. The third kappa shape index (κ3) is 1.50. The van der Waals surface area contributed by atoms with Crippen molar-refractivity contribution in [3.8, 4) is 0 Å². The van der Waals surface area contributed by atoms with Crippen LogP contribution in [0.4, 0.5) is 0 Å². The maximum absolute atomic E-state index is 4.82. The molecule has 3 heterocycles. The summed E-state index contributed by atoms with van der Waals surface area (Å²) >= 11 is 0. The van der Waals surface area contributed by atoms with Crippen molar-refractivity contribution in [2.45, 2.75) is 26.2 Å². The summed E-state index contributed by atoms with van der Waals surface area (Å²) in [5, 5.41) is 2.34. The largest absolute Gasteiger partial charge is 0.328 e. The second-order valence-electron chi connectivity index (χ2n) is 5.77. The molecule has 0 aromatic carbocycles. The first-order chi connectivity index (χ1) is 8.48. The Balaban J connectivity index is 2.42. The van der Waals surface area contributed by atoms with Gasteiger partial charge in [0.05, 0.1) is 5.52 Å². The maximum atomic E-state index is 4.82. The van der Waals surface area contributed by atoms with Gasteiger partial charge < -0.3 is 4.57 Å². The highest BCUT2D eigenvalue weighted by molar-refractivity contribution is 6.06. The molecule has 18 heavy (non-hydrogen) atoms. The minimum Gasteiger partial charge on any atom is -0.328 e. The van der Waals surface area contributed by atoms with E-state index in [2.05, 4.69) is 49.5 Å². The quantitative estimate of drug-likeness (QED) is 0.602. The first-order valence-corrected chi connectivity index (χ1v) is 6.18. The number of nitrogens with zero attached hydrogens (tertiary/aromatic N) is 3. The molecule has 3 aromatic rings. The number of hydrogen-bond donors (Lipinski definition) is 0. The van der Waals surface area contributed by atoms with Crippen LogP contribution >= 0.6 is 0 Å². The van der Waals surface area contributed by atoms with Gasteiger partial charge in [0.25, 0.3) is 0 Å². The van der Waals surface area contributed by atoms with Crippen LogP contribution in [0.15, 0.2) is 30.6 Å². The summed E-state index contributed by atoms with van der Waals surface area (Å²) in [5.41, 5.74) is 3.40. The van der Waals surface area contributed by atoms with Crippen LogP contribution in [0, 0.1) is 0 Å². The minimum atomic E-state index is 0.0723. The average molecular weight is 239 g/mol. The Bertz CT molecular complexity index is 732. The molecule has 0 fully saturated rings. The highest BCUT2D eigenvalue weighted by Crippen LogP contribution is 2.29. The van der Waals surface area contributed by atoms with Crippen LogP contribution in [0.1, 0.15) is 26.5 Å². The molecule has 0 aliphatic rings. The smallest absolute Gasteiger partial charge is 0.141 e. The molecular formula is C15H17N3. The van der Waals surface area contributed by atoms with Gasteiger partial charge in [-0.1, -0.05) is 20.8 Å². The Labute approximate surface area is 106 Å². The fourth-order valence-corrected chi connectivity index (χ4v) is 2.33. The van der Waals surface area contributed by atoms with E-state index in [1.165, 1.54) is 16.3 Å². The van der Waals surface area contributed by atoms with E-state index >= 15 is 0 Å². The van der Waals surface area contributed by atoms with Gasteiger partial charge in [0.2, 0.25) is 0 Å². The second-order valence-corrected chi connectivity index (χ2v) is 5.77. The standard InChI is InChI=1S/C15H17N3/c1-15(2,3)13-6-5-10-11-9-16-8-7-12(11)18(4)14(10)17-13/h5-9H,1-4H3. The molecule has 0 N–H and O–H groups in total. The fraction of sp³-hybridized carbons (Fsp3) is 0.333. The van der Waals surface area contributed by atoms with Gasteiger partial charge in [0.1, 0.15) is 5.65 Å². The normalized spacial score (nSPS) is 12.4. The topological polar surface area (TPSA) is 30.7 Å². The molecule has 3 rings (SSSR count). The summed E-state index contributed by atoms with van der Waals surface area (Å²) in [7, 11) is 2.06. The lowest BCUT2D eigenvalue weighted by atomic mass is 9.91. The van der Waals surface area contributed by atoms with Crippen molar-refractivity contribution in [3.63, 3.8) is 0 Å². The highest BCUT2D eigenvalue weighted by atomic mass is 15.0. The van der Waals surface area contributed by atoms with Crippen LogP contribution < -0.4 is 0 Å². The summed E-state index contributed by atoms with van der Waals surface area (Å²) in [6, 6.07) is 6.31. The molecule has 0 spiro atoms. The van der Waals surface area contributed by atoms with Crippen LogP contribution in [0.2, 0.25) is 0 Å². The van der Waals surface area contributed by atoms with Crippen LogP contribution in [0.3, 0.4) is 0 Å². The predicted octanol–water partition coefficient (Wildman–Crippen LogP) is 3.42. The molecule has 0 aliphatic carbocycles. The Hall–Kier alpha value is -1.90. The molecule has 0 radical (unpaired) electrons. The van der Waals surface area contributed by atoms with Crippen LogP contribution in [0.5, 0.6) is 0 Å². The zero-order chi connectivity index (χ0) is 12.9. The van der Waals surface area contributed by atoms with Gasteiger partial charge in [-0.3, -0.25) is 4.98 Å². The van der Waals surface area contributed by atoms with E-state index in [1.54, 1.807) is 0 Å². The van der Waals surface area contributed by atoms with Gasteiger partial charge >= 0.3 is 0 Å². The predicted molar refractivity (Wildman–Crippen MR) is 74.7 cm³/mol. The molecule has 3 aromatic heterocycles. The van der Waals surface area contributed by atoms with Crippen molar-refractivity contribution >= 4 is 21.9 Å². The first kappa shape index (κ1) is 11.2.